The van der Waals surface area contributed by atoms with Gasteiger partial charge in [0.15, 0.2) is 0 Å². The van der Waals surface area contributed by atoms with Gasteiger partial charge in [0, 0.05) is 24.3 Å². The maximum Gasteiger partial charge on any atom is 0.318 e. The smallest absolute Gasteiger partial charge is 0.318 e. The summed E-state index contributed by atoms with van der Waals surface area (Å²) in [6.45, 7) is 4.71. The van der Waals surface area contributed by atoms with Crippen molar-refractivity contribution in [1.29, 1.82) is 0 Å². The van der Waals surface area contributed by atoms with Gasteiger partial charge in [-0.3, -0.25) is 0 Å². The molecule has 1 fully saturated rings. The molecule has 1 aromatic carbocycles. The summed E-state index contributed by atoms with van der Waals surface area (Å²) in [6, 6.07) is 14.1. The highest BCUT2D eigenvalue weighted by Crippen LogP contribution is 2.35. The number of amides is 2. The van der Waals surface area contributed by atoms with E-state index in [9.17, 15) is 4.79 Å². The molecule has 3 aromatic rings. The Bertz CT molecular complexity index is 995. The number of urea groups is 1. The number of ether oxygens (including phenoxy) is 1. The van der Waals surface area contributed by atoms with Crippen molar-refractivity contribution >= 4 is 11.5 Å². The van der Waals surface area contributed by atoms with Gasteiger partial charge in [-0.05, 0) is 51.0 Å². The van der Waals surface area contributed by atoms with Crippen molar-refractivity contribution in [2.75, 3.05) is 13.7 Å². The second-order valence-electron chi connectivity index (χ2n) is 7.46. The van der Waals surface area contributed by atoms with Gasteiger partial charge in [0.2, 0.25) is 0 Å². The maximum absolute atomic E-state index is 12.7. The minimum Gasteiger partial charge on any atom is -0.497 e. The third kappa shape index (κ3) is 3.30. The number of hydrogen-bond donors (Lipinski definition) is 1. The van der Waals surface area contributed by atoms with E-state index in [-0.39, 0.29) is 18.1 Å². The Morgan fingerprint density at radius 2 is 2.11 bits per heavy atom. The third-order valence-electron chi connectivity index (χ3n) is 5.14. The number of pyridine rings is 1. The topological polar surface area (TPSA) is 58.9 Å². The molecule has 1 saturated heterocycles. The first-order valence-electron chi connectivity index (χ1n) is 9.77. The van der Waals surface area contributed by atoms with Crippen LogP contribution in [0.1, 0.15) is 38.6 Å². The van der Waals surface area contributed by atoms with E-state index in [1.807, 2.05) is 61.3 Å². The van der Waals surface area contributed by atoms with Crippen LogP contribution >= 0.6 is 0 Å². The van der Waals surface area contributed by atoms with Crippen LogP contribution < -0.4 is 10.1 Å². The highest BCUT2D eigenvalue weighted by molar-refractivity contribution is 5.79. The standard InChI is InChI=1S/C22H26N4O2/c1-15(2)23-22(27)26-13-7-11-19(26)21-24-20(18-10-4-5-12-25(18)21)16-8-6-9-17(14-16)28-3/h4-6,8-10,12,14-15,19H,7,11,13H2,1-3H3,(H,23,27). The molecule has 1 atom stereocenters. The zero-order chi connectivity index (χ0) is 19.7. The molecule has 2 aromatic heterocycles. The largest absolute Gasteiger partial charge is 0.497 e. The monoisotopic (exact) mass is 378 g/mol. The summed E-state index contributed by atoms with van der Waals surface area (Å²) in [4.78, 5) is 19.6. The van der Waals surface area contributed by atoms with E-state index < -0.39 is 0 Å². The van der Waals surface area contributed by atoms with E-state index >= 15 is 0 Å². The first-order valence-corrected chi connectivity index (χ1v) is 9.77. The van der Waals surface area contributed by atoms with Crippen LogP contribution in [0.5, 0.6) is 5.75 Å². The van der Waals surface area contributed by atoms with Crippen molar-refractivity contribution in [2.24, 2.45) is 0 Å². The van der Waals surface area contributed by atoms with Crippen LogP contribution in [0.25, 0.3) is 16.8 Å². The van der Waals surface area contributed by atoms with Crippen LogP contribution in [0.15, 0.2) is 48.7 Å². The van der Waals surface area contributed by atoms with E-state index in [0.29, 0.717) is 0 Å². The van der Waals surface area contributed by atoms with Crippen LogP contribution in [0.4, 0.5) is 4.79 Å². The molecule has 6 heteroatoms. The number of aromatic nitrogens is 2. The average Bonchev–Trinajstić information content (AvgIpc) is 3.32. The van der Waals surface area contributed by atoms with Gasteiger partial charge in [0.1, 0.15) is 11.6 Å². The van der Waals surface area contributed by atoms with Crippen molar-refractivity contribution in [3.8, 4) is 17.0 Å². The van der Waals surface area contributed by atoms with Gasteiger partial charge < -0.3 is 19.4 Å². The van der Waals surface area contributed by atoms with Crippen LogP contribution in [0.3, 0.4) is 0 Å². The molecule has 1 aliphatic rings. The zero-order valence-corrected chi connectivity index (χ0v) is 16.6. The van der Waals surface area contributed by atoms with Gasteiger partial charge in [-0.1, -0.05) is 18.2 Å². The Labute approximate surface area is 165 Å². The highest BCUT2D eigenvalue weighted by Gasteiger charge is 2.33. The summed E-state index contributed by atoms with van der Waals surface area (Å²) in [7, 11) is 1.67. The molecule has 1 N–H and O–H groups in total. The molecule has 28 heavy (non-hydrogen) atoms. The van der Waals surface area contributed by atoms with Crippen molar-refractivity contribution < 1.29 is 9.53 Å². The number of rotatable bonds is 4. The highest BCUT2D eigenvalue weighted by atomic mass is 16.5. The van der Waals surface area contributed by atoms with Crippen molar-refractivity contribution in [1.82, 2.24) is 19.6 Å². The molecular weight excluding hydrogens is 352 g/mol. The molecule has 1 aliphatic heterocycles. The van der Waals surface area contributed by atoms with Crippen LogP contribution in [0, 0.1) is 0 Å². The number of imidazole rings is 1. The van der Waals surface area contributed by atoms with Crippen molar-refractivity contribution in [3.63, 3.8) is 0 Å². The second kappa shape index (κ2) is 7.54. The van der Waals surface area contributed by atoms with E-state index in [4.69, 9.17) is 9.72 Å². The molecule has 146 valence electrons. The SMILES string of the molecule is COc1cccc(-c2nc(C3CCCN3C(=O)NC(C)C)n3ccccc23)c1. The number of carbonyl (C=O) groups excluding carboxylic acids is 1. The van der Waals surface area contributed by atoms with E-state index in [1.165, 1.54) is 0 Å². The lowest BCUT2D eigenvalue weighted by molar-refractivity contribution is 0.188. The molecule has 0 saturated carbocycles. The summed E-state index contributed by atoms with van der Waals surface area (Å²) in [5, 5.41) is 3.02. The number of nitrogens with one attached hydrogen (secondary N) is 1. The van der Waals surface area contributed by atoms with E-state index in [1.54, 1.807) is 7.11 Å². The number of hydrogen-bond acceptors (Lipinski definition) is 3. The Kier molecular flexibility index (Phi) is 4.94. The Morgan fingerprint density at radius 3 is 2.89 bits per heavy atom. The van der Waals surface area contributed by atoms with Crippen LogP contribution in [0.2, 0.25) is 0 Å². The molecule has 0 bridgehead atoms. The first kappa shape index (κ1) is 18.3. The van der Waals surface area contributed by atoms with Gasteiger partial charge in [0.25, 0.3) is 0 Å². The molecule has 2 amide bonds. The molecule has 0 aliphatic carbocycles. The predicted molar refractivity (Wildman–Crippen MR) is 110 cm³/mol. The number of benzene rings is 1. The summed E-state index contributed by atoms with van der Waals surface area (Å²) in [5.41, 5.74) is 2.94. The van der Waals surface area contributed by atoms with Crippen LogP contribution in [-0.4, -0.2) is 40.0 Å². The lowest BCUT2D eigenvalue weighted by atomic mass is 10.1. The molecular formula is C22H26N4O2. The zero-order valence-electron chi connectivity index (χ0n) is 16.6. The fourth-order valence-corrected chi connectivity index (χ4v) is 3.89. The van der Waals surface area contributed by atoms with Gasteiger partial charge in [-0.25, -0.2) is 9.78 Å². The van der Waals surface area contributed by atoms with Crippen LogP contribution in [-0.2, 0) is 0 Å². The minimum absolute atomic E-state index is 0.0203. The Morgan fingerprint density at radius 1 is 1.25 bits per heavy atom. The third-order valence-corrected chi connectivity index (χ3v) is 5.14. The maximum atomic E-state index is 12.7. The van der Waals surface area contributed by atoms with Gasteiger partial charge in [-0.2, -0.15) is 0 Å². The quantitative estimate of drug-likeness (QED) is 0.738. The first-order chi connectivity index (χ1) is 13.6. The summed E-state index contributed by atoms with van der Waals surface area (Å²) in [5.74, 6) is 1.71. The fraction of sp³-hybridized carbons (Fsp3) is 0.364. The summed E-state index contributed by atoms with van der Waals surface area (Å²) >= 11 is 0. The molecule has 6 nitrogen and oxygen atoms in total. The number of carbonyl (C=O) groups is 1. The Balaban J connectivity index is 1.79. The molecule has 0 spiro atoms. The number of methoxy groups -OCH3 is 1. The van der Waals surface area contributed by atoms with E-state index in [0.717, 1.165) is 47.7 Å². The average molecular weight is 378 g/mol. The van der Waals surface area contributed by atoms with Gasteiger partial charge in [0.05, 0.1) is 24.4 Å². The van der Waals surface area contributed by atoms with Gasteiger partial charge in [-0.15, -0.1) is 0 Å². The van der Waals surface area contributed by atoms with Crippen molar-refractivity contribution in [2.45, 2.75) is 38.8 Å². The molecule has 4 rings (SSSR count). The minimum atomic E-state index is -0.0343. The number of fused-ring (bicyclic) bond motifs is 1. The second-order valence-corrected chi connectivity index (χ2v) is 7.46. The lowest BCUT2D eigenvalue weighted by Gasteiger charge is -2.25. The summed E-state index contributed by atoms with van der Waals surface area (Å²) in [6.07, 6.45) is 3.92. The number of likely N-dealkylation sites (tertiary alicyclic amines) is 1. The molecule has 1 unspecified atom stereocenters. The normalized spacial score (nSPS) is 16.7. The fourth-order valence-electron chi connectivity index (χ4n) is 3.89. The Hall–Kier alpha value is -3.02. The number of nitrogens with zero attached hydrogens (tertiary/aromatic N) is 3. The predicted octanol–water partition coefficient (Wildman–Crippen LogP) is 4.26. The lowest BCUT2D eigenvalue weighted by Crippen LogP contribution is -2.42. The van der Waals surface area contributed by atoms with Gasteiger partial charge >= 0.3 is 6.03 Å². The molecule has 3 heterocycles. The summed E-state index contributed by atoms with van der Waals surface area (Å²) < 4.78 is 7.50. The van der Waals surface area contributed by atoms with E-state index in [2.05, 4.69) is 15.8 Å². The molecule has 0 radical (unpaired) electrons. The van der Waals surface area contributed by atoms with Crippen molar-refractivity contribution in [3.05, 3.63) is 54.5 Å².